The summed E-state index contributed by atoms with van der Waals surface area (Å²) in [5.41, 5.74) is 0. The first kappa shape index (κ1) is 10.4. The second-order valence-corrected chi connectivity index (χ2v) is 6.92. The number of nitrogens with one attached hydrogen (secondary N) is 1. The van der Waals surface area contributed by atoms with Crippen LogP contribution in [0.3, 0.4) is 0 Å². The Morgan fingerprint density at radius 2 is 2.07 bits per heavy atom. The van der Waals surface area contributed by atoms with Gasteiger partial charge in [-0.15, -0.1) is 0 Å². The smallest absolute Gasteiger partial charge is 0.216 e. The number of hydrogen-bond donors (Lipinski definition) is 1. The largest absolute Gasteiger partial charge is 0.315 e. The second-order valence-electron chi connectivity index (χ2n) is 4.48. The molecule has 2 fully saturated rings. The van der Waals surface area contributed by atoms with Gasteiger partial charge < -0.3 is 5.32 Å². The molecule has 0 aromatic rings. The highest BCUT2D eigenvalue weighted by molar-refractivity contribution is 7.89. The van der Waals surface area contributed by atoms with Gasteiger partial charge in [-0.25, -0.2) is 8.42 Å². The van der Waals surface area contributed by atoms with Crippen LogP contribution in [-0.4, -0.2) is 43.6 Å². The second kappa shape index (κ2) is 3.47. The Kier molecular flexibility index (Phi) is 2.57. The van der Waals surface area contributed by atoms with Crippen molar-refractivity contribution in [2.45, 2.75) is 31.6 Å². The van der Waals surface area contributed by atoms with Gasteiger partial charge in [0.15, 0.2) is 0 Å². The van der Waals surface area contributed by atoms with Gasteiger partial charge in [0, 0.05) is 19.1 Å². The van der Waals surface area contributed by atoms with E-state index >= 15 is 0 Å². The number of fused-ring (bicyclic) bond motifs is 1. The summed E-state index contributed by atoms with van der Waals surface area (Å²) < 4.78 is 25.7. The van der Waals surface area contributed by atoms with Crippen LogP contribution >= 0.6 is 0 Å². The molecule has 0 bridgehead atoms. The lowest BCUT2D eigenvalue weighted by atomic mass is 10.1. The number of nitrogens with zero attached hydrogens (tertiary/aromatic N) is 1. The normalized spacial score (nSPS) is 33.9. The van der Waals surface area contributed by atoms with Crippen LogP contribution in [-0.2, 0) is 10.0 Å². The van der Waals surface area contributed by atoms with E-state index in [2.05, 4.69) is 5.32 Å². The molecule has 0 spiro atoms. The molecule has 2 aliphatic heterocycles. The van der Waals surface area contributed by atoms with Gasteiger partial charge in [-0.1, -0.05) is 0 Å². The first-order valence-electron chi connectivity index (χ1n) is 5.25. The Balaban J connectivity index is 2.20. The van der Waals surface area contributed by atoms with E-state index in [4.69, 9.17) is 0 Å². The molecule has 2 aliphatic rings. The summed E-state index contributed by atoms with van der Waals surface area (Å²) in [5, 5.41) is 2.97. The topological polar surface area (TPSA) is 49.4 Å². The van der Waals surface area contributed by atoms with E-state index in [1.807, 2.05) is 0 Å². The third-order valence-corrected chi connectivity index (χ3v) is 5.62. The first-order chi connectivity index (χ1) is 6.53. The molecule has 2 heterocycles. The summed E-state index contributed by atoms with van der Waals surface area (Å²) in [6.07, 6.45) is 1.02. The Morgan fingerprint density at radius 3 is 2.71 bits per heavy atom. The summed E-state index contributed by atoms with van der Waals surface area (Å²) in [4.78, 5) is 0. The SMILES string of the molecule is CC(C)S(=O)(=O)N1CCC2CNCC21. The highest BCUT2D eigenvalue weighted by atomic mass is 32.2. The van der Waals surface area contributed by atoms with Gasteiger partial charge in [-0.3, -0.25) is 0 Å². The summed E-state index contributed by atoms with van der Waals surface area (Å²) in [6.45, 7) is 6.04. The zero-order chi connectivity index (χ0) is 10.3. The molecule has 1 N–H and O–H groups in total. The molecule has 2 unspecified atom stereocenters. The van der Waals surface area contributed by atoms with Crippen LogP contribution in [0, 0.1) is 5.92 Å². The number of sulfonamides is 1. The quantitative estimate of drug-likeness (QED) is 0.711. The maximum Gasteiger partial charge on any atom is 0.216 e. The molecule has 14 heavy (non-hydrogen) atoms. The Hall–Kier alpha value is -0.130. The average molecular weight is 218 g/mol. The Morgan fingerprint density at radius 1 is 1.36 bits per heavy atom. The highest BCUT2D eigenvalue weighted by Crippen LogP contribution is 2.30. The van der Waals surface area contributed by atoms with Gasteiger partial charge in [0.1, 0.15) is 0 Å². The molecule has 0 aliphatic carbocycles. The predicted molar refractivity (Wildman–Crippen MR) is 55.5 cm³/mol. The minimum absolute atomic E-state index is 0.224. The third kappa shape index (κ3) is 1.47. The molecular formula is C9H18N2O2S. The Labute approximate surface area is 85.7 Å². The van der Waals surface area contributed by atoms with Gasteiger partial charge in [-0.05, 0) is 32.7 Å². The fourth-order valence-corrected chi connectivity index (χ4v) is 3.92. The van der Waals surface area contributed by atoms with Crippen LogP contribution in [0.1, 0.15) is 20.3 Å². The van der Waals surface area contributed by atoms with E-state index in [1.54, 1.807) is 18.2 Å². The lowest BCUT2D eigenvalue weighted by Crippen LogP contribution is -2.42. The van der Waals surface area contributed by atoms with E-state index in [0.717, 1.165) is 26.1 Å². The lowest BCUT2D eigenvalue weighted by molar-refractivity contribution is 0.379. The summed E-state index contributed by atoms with van der Waals surface area (Å²) in [7, 11) is -3.04. The van der Waals surface area contributed by atoms with Crippen molar-refractivity contribution in [3.63, 3.8) is 0 Å². The van der Waals surface area contributed by atoms with Gasteiger partial charge in [0.2, 0.25) is 10.0 Å². The van der Waals surface area contributed by atoms with Crippen molar-refractivity contribution in [1.29, 1.82) is 0 Å². The molecule has 0 aromatic carbocycles. The molecule has 82 valence electrons. The predicted octanol–water partition coefficient (Wildman–Crippen LogP) is 0.0183. The number of hydrogen-bond acceptors (Lipinski definition) is 3. The van der Waals surface area contributed by atoms with Gasteiger partial charge >= 0.3 is 0 Å². The zero-order valence-electron chi connectivity index (χ0n) is 8.73. The van der Waals surface area contributed by atoms with E-state index in [-0.39, 0.29) is 11.3 Å². The summed E-state index contributed by atoms with van der Waals surface area (Å²) >= 11 is 0. The van der Waals surface area contributed by atoms with Crippen molar-refractivity contribution in [3.8, 4) is 0 Å². The van der Waals surface area contributed by atoms with Crippen molar-refractivity contribution >= 4 is 10.0 Å². The Bertz CT molecular complexity index is 313. The molecule has 0 saturated carbocycles. The van der Waals surface area contributed by atoms with Crippen LogP contribution < -0.4 is 5.32 Å². The van der Waals surface area contributed by atoms with Crippen molar-refractivity contribution in [2.75, 3.05) is 19.6 Å². The van der Waals surface area contributed by atoms with E-state index in [0.29, 0.717) is 5.92 Å². The maximum atomic E-state index is 12.0. The van der Waals surface area contributed by atoms with Crippen LogP contribution in [0.5, 0.6) is 0 Å². The fourth-order valence-electron chi connectivity index (χ4n) is 2.40. The third-order valence-electron chi connectivity index (χ3n) is 3.32. The molecule has 2 saturated heterocycles. The molecule has 4 nitrogen and oxygen atoms in total. The molecule has 0 amide bonds. The van der Waals surface area contributed by atoms with Crippen molar-refractivity contribution in [3.05, 3.63) is 0 Å². The standard InChI is InChI=1S/C9H18N2O2S/c1-7(2)14(12,13)11-4-3-8-5-10-6-9(8)11/h7-10H,3-6H2,1-2H3. The van der Waals surface area contributed by atoms with E-state index in [9.17, 15) is 8.42 Å². The summed E-state index contributed by atoms with van der Waals surface area (Å²) in [5.74, 6) is 0.545. The molecule has 5 heteroatoms. The van der Waals surface area contributed by atoms with Crippen molar-refractivity contribution in [1.82, 2.24) is 9.62 Å². The average Bonchev–Trinajstić information content (AvgIpc) is 2.61. The zero-order valence-corrected chi connectivity index (χ0v) is 9.55. The maximum absolute atomic E-state index is 12.0. The molecule has 2 atom stereocenters. The lowest BCUT2D eigenvalue weighted by Gasteiger charge is -2.24. The van der Waals surface area contributed by atoms with Gasteiger partial charge in [0.05, 0.1) is 5.25 Å². The minimum atomic E-state index is -3.04. The number of rotatable bonds is 2. The van der Waals surface area contributed by atoms with Crippen molar-refractivity contribution < 1.29 is 8.42 Å². The summed E-state index contributed by atoms with van der Waals surface area (Å²) in [6, 6.07) is 0.224. The monoisotopic (exact) mass is 218 g/mol. The van der Waals surface area contributed by atoms with Crippen LogP contribution in [0.4, 0.5) is 0 Å². The van der Waals surface area contributed by atoms with Gasteiger partial charge in [-0.2, -0.15) is 4.31 Å². The van der Waals surface area contributed by atoms with E-state index < -0.39 is 10.0 Å². The van der Waals surface area contributed by atoms with Crippen LogP contribution in [0.2, 0.25) is 0 Å². The first-order valence-corrected chi connectivity index (χ1v) is 6.75. The minimum Gasteiger partial charge on any atom is -0.315 e. The molecule has 0 radical (unpaired) electrons. The fraction of sp³-hybridized carbons (Fsp3) is 1.00. The molecular weight excluding hydrogens is 200 g/mol. The molecule has 0 aromatic heterocycles. The van der Waals surface area contributed by atoms with E-state index in [1.165, 1.54) is 0 Å². The highest BCUT2D eigenvalue weighted by Gasteiger charge is 2.43. The van der Waals surface area contributed by atoms with Crippen LogP contribution in [0.25, 0.3) is 0 Å². The molecule has 2 rings (SSSR count). The van der Waals surface area contributed by atoms with Crippen molar-refractivity contribution in [2.24, 2.45) is 5.92 Å². The van der Waals surface area contributed by atoms with Gasteiger partial charge in [0.25, 0.3) is 0 Å². The van der Waals surface area contributed by atoms with Crippen LogP contribution in [0.15, 0.2) is 0 Å².